The van der Waals surface area contributed by atoms with E-state index in [9.17, 15) is 9.59 Å². The number of aromatic nitrogens is 3. The molecule has 0 aliphatic carbocycles. The Bertz CT molecular complexity index is 833. The average molecular weight is 306 g/mol. The zero-order valence-corrected chi connectivity index (χ0v) is 12.1. The van der Waals surface area contributed by atoms with Gasteiger partial charge < -0.3 is 5.32 Å². The summed E-state index contributed by atoms with van der Waals surface area (Å²) in [7, 11) is 0. The van der Waals surface area contributed by atoms with E-state index in [0.717, 1.165) is 10.7 Å². The molecule has 0 atom stereocenters. The predicted molar refractivity (Wildman–Crippen MR) is 77.4 cm³/mol. The maximum Gasteiger partial charge on any atom is 0.271 e. The van der Waals surface area contributed by atoms with Crippen molar-refractivity contribution < 1.29 is 4.79 Å². The van der Waals surface area contributed by atoms with Gasteiger partial charge in [0.05, 0.1) is 6.54 Å². The van der Waals surface area contributed by atoms with Crippen molar-refractivity contribution in [3.05, 3.63) is 49.8 Å². The molecular weight excluding hydrogens is 296 g/mol. The molecule has 0 fully saturated rings. The van der Waals surface area contributed by atoms with E-state index in [1.54, 1.807) is 11.6 Å². The molecule has 3 heterocycles. The Morgan fingerprint density at radius 1 is 1.45 bits per heavy atom. The lowest BCUT2D eigenvalue weighted by Gasteiger charge is -2.02. The second-order valence-corrected chi connectivity index (χ2v) is 5.91. The van der Waals surface area contributed by atoms with Gasteiger partial charge in [-0.05, 0) is 6.92 Å². The van der Waals surface area contributed by atoms with Gasteiger partial charge in [0.25, 0.3) is 11.5 Å². The summed E-state index contributed by atoms with van der Waals surface area (Å²) in [4.78, 5) is 33.0. The van der Waals surface area contributed by atoms with Crippen LogP contribution in [-0.2, 0) is 6.54 Å². The number of rotatable bonds is 3. The lowest BCUT2D eigenvalue weighted by molar-refractivity contribution is 0.0949. The van der Waals surface area contributed by atoms with E-state index in [1.807, 2.05) is 12.3 Å². The van der Waals surface area contributed by atoms with Crippen molar-refractivity contribution in [2.45, 2.75) is 13.5 Å². The molecule has 0 unspecified atom stereocenters. The molecule has 6 nitrogen and oxygen atoms in total. The molecule has 3 aromatic rings. The smallest absolute Gasteiger partial charge is 0.271 e. The van der Waals surface area contributed by atoms with Crippen molar-refractivity contribution in [1.29, 1.82) is 0 Å². The average Bonchev–Trinajstić information content (AvgIpc) is 3.05. The van der Waals surface area contributed by atoms with Gasteiger partial charge in [0.15, 0.2) is 4.96 Å². The normalized spacial score (nSPS) is 10.8. The van der Waals surface area contributed by atoms with Crippen LogP contribution >= 0.6 is 22.7 Å². The van der Waals surface area contributed by atoms with Gasteiger partial charge in [0.2, 0.25) is 0 Å². The first-order valence-electron chi connectivity index (χ1n) is 5.79. The Kier molecular flexibility index (Phi) is 3.33. The molecule has 0 saturated carbocycles. The number of fused-ring (bicyclic) bond motifs is 1. The van der Waals surface area contributed by atoms with Crippen LogP contribution in [0.1, 0.15) is 21.1 Å². The summed E-state index contributed by atoms with van der Waals surface area (Å²) < 4.78 is 1.37. The molecule has 0 aliphatic heterocycles. The maximum absolute atomic E-state index is 12.1. The Morgan fingerprint density at radius 2 is 2.30 bits per heavy atom. The Balaban J connectivity index is 1.82. The van der Waals surface area contributed by atoms with Gasteiger partial charge >= 0.3 is 0 Å². The summed E-state index contributed by atoms with van der Waals surface area (Å²) in [6, 6.07) is 0. The van der Waals surface area contributed by atoms with Crippen molar-refractivity contribution in [3.63, 3.8) is 0 Å². The molecule has 3 rings (SSSR count). The van der Waals surface area contributed by atoms with Gasteiger partial charge in [-0.1, -0.05) is 0 Å². The standard InChI is InChI=1S/C12H10N4O2S2/c1-7-6-20-9(15-7)5-13-10(17)8-4-14-12-16(11(8)18)2-3-19-12/h2-4,6H,5H2,1H3,(H,13,17). The number of hydrogen-bond acceptors (Lipinski definition) is 6. The minimum absolute atomic E-state index is 0.0363. The number of thiazole rings is 2. The van der Waals surface area contributed by atoms with Crippen LogP contribution in [0.3, 0.4) is 0 Å². The Labute approximate surface area is 121 Å². The lowest BCUT2D eigenvalue weighted by Crippen LogP contribution is -2.30. The minimum atomic E-state index is -0.434. The highest BCUT2D eigenvalue weighted by molar-refractivity contribution is 7.15. The van der Waals surface area contributed by atoms with Crippen molar-refractivity contribution in [2.75, 3.05) is 0 Å². The largest absolute Gasteiger partial charge is 0.345 e. The summed E-state index contributed by atoms with van der Waals surface area (Å²) in [5.41, 5.74) is 0.596. The molecular formula is C12H10N4O2S2. The van der Waals surface area contributed by atoms with Crippen LogP contribution in [0, 0.1) is 6.92 Å². The maximum atomic E-state index is 12.1. The van der Waals surface area contributed by atoms with E-state index >= 15 is 0 Å². The van der Waals surface area contributed by atoms with E-state index in [2.05, 4.69) is 15.3 Å². The molecule has 0 aromatic carbocycles. The molecule has 3 aromatic heterocycles. The van der Waals surface area contributed by atoms with Crippen LogP contribution in [0.15, 0.2) is 27.9 Å². The SMILES string of the molecule is Cc1csc(CNC(=O)c2cnc3sccn3c2=O)n1. The number of nitrogens with one attached hydrogen (secondary N) is 1. The third-order valence-electron chi connectivity index (χ3n) is 2.65. The van der Waals surface area contributed by atoms with Gasteiger partial charge in [-0.15, -0.1) is 22.7 Å². The topological polar surface area (TPSA) is 76.4 Å². The summed E-state index contributed by atoms with van der Waals surface area (Å²) in [6.07, 6.45) is 2.92. The number of aryl methyl sites for hydroxylation is 1. The van der Waals surface area contributed by atoms with Crippen LogP contribution < -0.4 is 10.9 Å². The van der Waals surface area contributed by atoms with Crippen LogP contribution in [-0.4, -0.2) is 20.3 Å². The molecule has 0 saturated heterocycles. The summed E-state index contributed by atoms with van der Waals surface area (Å²) in [5.74, 6) is -0.434. The van der Waals surface area contributed by atoms with Gasteiger partial charge in [0, 0.05) is 28.8 Å². The van der Waals surface area contributed by atoms with Gasteiger partial charge in [0.1, 0.15) is 10.6 Å². The summed E-state index contributed by atoms with van der Waals surface area (Å²) in [5, 5.41) is 7.16. The summed E-state index contributed by atoms with van der Waals surface area (Å²) in [6.45, 7) is 2.20. The van der Waals surface area contributed by atoms with Crippen molar-refractivity contribution in [1.82, 2.24) is 19.7 Å². The highest BCUT2D eigenvalue weighted by atomic mass is 32.1. The Morgan fingerprint density at radius 3 is 3.05 bits per heavy atom. The number of nitrogens with zero attached hydrogens (tertiary/aromatic N) is 3. The fourth-order valence-electron chi connectivity index (χ4n) is 1.72. The molecule has 0 bridgehead atoms. The monoisotopic (exact) mass is 306 g/mol. The zero-order valence-electron chi connectivity index (χ0n) is 10.5. The third kappa shape index (κ3) is 2.35. The quantitative estimate of drug-likeness (QED) is 0.794. The highest BCUT2D eigenvalue weighted by Crippen LogP contribution is 2.08. The van der Waals surface area contributed by atoms with Crippen LogP contribution in [0.5, 0.6) is 0 Å². The summed E-state index contributed by atoms with van der Waals surface area (Å²) >= 11 is 2.82. The molecule has 102 valence electrons. The number of carbonyl (C=O) groups is 1. The zero-order chi connectivity index (χ0) is 14.1. The lowest BCUT2D eigenvalue weighted by atomic mass is 10.3. The van der Waals surface area contributed by atoms with Crippen LogP contribution in [0.4, 0.5) is 0 Å². The van der Waals surface area contributed by atoms with E-state index in [0.29, 0.717) is 11.5 Å². The second-order valence-electron chi connectivity index (χ2n) is 4.10. The molecule has 0 spiro atoms. The number of carbonyl (C=O) groups excluding carboxylic acids is 1. The fourth-order valence-corrected chi connectivity index (χ4v) is 3.10. The first-order chi connectivity index (χ1) is 9.65. The minimum Gasteiger partial charge on any atom is -0.345 e. The number of amides is 1. The third-order valence-corrected chi connectivity index (χ3v) is 4.39. The molecule has 20 heavy (non-hydrogen) atoms. The molecule has 1 N–H and O–H groups in total. The second kappa shape index (κ2) is 5.14. The molecule has 0 aliphatic rings. The van der Waals surface area contributed by atoms with E-state index in [-0.39, 0.29) is 11.1 Å². The Hall–Kier alpha value is -2.06. The van der Waals surface area contributed by atoms with Crippen LogP contribution in [0.2, 0.25) is 0 Å². The molecule has 1 amide bonds. The van der Waals surface area contributed by atoms with E-state index < -0.39 is 5.91 Å². The van der Waals surface area contributed by atoms with Crippen molar-refractivity contribution >= 4 is 33.5 Å². The van der Waals surface area contributed by atoms with Gasteiger partial charge in [-0.2, -0.15) is 0 Å². The molecule has 0 radical (unpaired) electrons. The van der Waals surface area contributed by atoms with Crippen molar-refractivity contribution in [3.8, 4) is 0 Å². The van der Waals surface area contributed by atoms with E-state index in [1.165, 1.54) is 33.3 Å². The first kappa shape index (κ1) is 12.9. The number of hydrogen-bond donors (Lipinski definition) is 1. The molecule has 8 heteroatoms. The van der Waals surface area contributed by atoms with Crippen LogP contribution in [0.25, 0.3) is 4.96 Å². The van der Waals surface area contributed by atoms with Gasteiger partial charge in [-0.25, -0.2) is 9.97 Å². The first-order valence-corrected chi connectivity index (χ1v) is 7.55. The van der Waals surface area contributed by atoms with Gasteiger partial charge in [-0.3, -0.25) is 14.0 Å². The highest BCUT2D eigenvalue weighted by Gasteiger charge is 2.13. The van der Waals surface area contributed by atoms with Crippen molar-refractivity contribution in [2.24, 2.45) is 0 Å². The predicted octanol–water partition coefficient (Wildman–Crippen LogP) is 1.45. The fraction of sp³-hybridized carbons (Fsp3) is 0.167. The van der Waals surface area contributed by atoms with E-state index in [4.69, 9.17) is 0 Å².